The molecule has 4 aromatic rings. The largest absolute Gasteiger partial charge is 0.381 e. The molecule has 5 heterocycles. The van der Waals surface area contributed by atoms with Crippen LogP contribution < -0.4 is 4.90 Å². The van der Waals surface area contributed by atoms with Crippen LogP contribution >= 0.6 is 0 Å². The van der Waals surface area contributed by atoms with Crippen molar-refractivity contribution < 1.29 is 4.74 Å². The minimum atomic E-state index is 0.621. The first-order chi connectivity index (χ1) is 16.3. The molecule has 0 amide bonds. The van der Waals surface area contributed by atoms with E-state index < -0.39 is 0 Å². The van der Waals surface area contributed by atoms with Crippen molar-refractivity contribution in [3.63, 3.8) is 0 Å². The molecule has 0 saturated carbocycles. The molecule has 33 heavy (non-hydrogen) atoms. The number of hydrogen-bond donors (Lipinski definition) is 0. The highest BCUT2D eigenvalue weighted by atomic mass is 16.5. The first kappa shape index (κ1) is 21.5. The molecule has 0 spiro atoms. The van der Waals surface area contributed by atoms with Gasteiger partial charge in [-0.25, -0.2) is 15.0 Å². The third kappa shape index (κ3) is 5.37. The minimum Gasteiger partial charge on any atom is -0.381 e. The molecule has 0 bridgehead atoms. The fourth-order valence-electron chi connectivity index (χ4n) is 4.34. The number of pyridine rings is 2. The summed E-state index contributed by atoms with van der Waals surface area (Å²) < 4.78 is 7.51. The van der Waals surface area contributed by atoms with Crippen molar-refractivity contribution in [2.24, 2.45) is 0 Å². The average molecular weight is 443 g/mol. The highest BCUT2D eigenvalue weighted by Gasteiger charge is 2.17. The number of hydrogen-bond acceptors (Lipinski definition) is 6. The predicted octanol–water partition coefficient (Wildman–Crippen LogP) is 3.88. The van der Waals surface area contributed by atoms with Gasteiger partial charge in [0.05, 0.1) is 18.7 Å². The molecule has 1 aliphatic heterocycles. The minimum absolute atomic E-state index is 0.621. The average Bonchev–Trinajstić information content (AvgIpc) is 3.51. The van der Waals surface area contributed by atoms with Gasteiger partial charge in [-0.1, -0.05) is 6.07 Å². The van der Waals surface area contributed by atoms with Gasteiger partial charge in [0, 0.05) is 68.6 Å². The van der Waals surface area contributed by atoms with Crippen molar-refractivity contribution >= 4 is 11.5 Å². The van der Waals surface area contributed by atoms with Crippen molar-refractivity contribution in [2.75, 3.05) is 31.2 Å². The smallest absolute Gasteiger partial charge is 0.136 e. The number of fused-ring (bicyclic) bond motifs is 1. The lowest BCUT2D eigenvalue weighted by Crippen LogP contribution is -2.20. The van der Waals surface area contributed by atoms with Gasteiger partial charge in [-0.3, -0.25) is 4.98 Å². The summed E-state index contributed by atoms with van der Waals surface area (Å²) in [6.07, 6.45) is 10.5. The van der Waals surface area contributed by atoms with Crippen LogP contribution in [-0.4, -0.2) is 50.6 Å². The molecule has 0 aliphatic carbocycles. The molecule has 4 aromatic heterocycles. The Balaban J connectivity index is 1.40. The monoisotopic (exact) mass is 442 g/mol. The fourth-order valence-corrected chi connectivity index (χ4v) is 4.34. The van der Waals surface area contributed by atoms with Gasteiger partial charge >= 0.3 is 0 Å². The van der Waals surface area contributed by atoms with Gasteiger partial charge < -0.3 is 14.0 Å². The van der Waals surface area contributed by atoms with Crippen LogP contribution in [0.5, 0.6) is 0 Å². The number of nitrogens with zero attached hydrogens (tertiary/aromatic N) is 6. The molecule has 7 heteroatoms. The summed E-state index contributed by atoms with van der Waals surface area (Å²) in [5.74, 6) is 1.85. The van der Waals surface area contributed by atoms with Gasteiger partial charge in [0.1, 0.15) is 17.3 Å². The molecule has 0 N–H and O–H groups in total. The van der Waals surface area contributed by atoms with Gasteiger partial charge in [0.15, 0.2) is 0 Å². The van der Waals surface area contributed by atoms with E-state index in [1.54, 1.807) is 0 Å². The third-order valence-electron chi connectivity index (χ3n) is 6.00. The van der Waals surface area contributed by atoms with Crippen LogP contribution in [0, 0.1) is 0 Å². The zero-order valence-corrected chi connectivity index (χ0v) is 19.2. The summed E-state index contributed by atoms with van der Waals surface area (Å²) in [4.78, 5) is 21.5. The predicted molar refractivity (Wildman–Crippen MR) is 129 cm³/mol. The van der Waals surface area contributed by atoms with Crippen molar-refractivity contribution in [2.45, 2.75) is 39.0 Å². The Morgan fingerprint density at radius 2 is 1.79 bits per heavy atom. The molecule has 1 aliphatic rings. The second kappa shape index (κ2) is 10.1. The lowest BCUT2D eigenvalue weighted by molar-refractivity contribution is 0.150. The highest BCUT2D eigenvalue weighted by molar-refractivity contribution is 5.45. The zero-order chi connectivity index (χ0) is 22.5. The summed E-state index contributed by atoms with van der Waals surface area (Å²) in [7, 11) is 0. The quantitative estimate of drug-likeness (QED) is 0.367. The van der Waals surface area contributed by atoms with E-state index >= 15 is 0 Å². The van der Waals surface area contributed by atoms with E-state index in [9.17, 15) is 0 Å². The lowest BCUT2D eigenvalue weighted by atomic mass is 10.1. The van der Waals surface area contributed by atoms with E-state index in [4.69, 9.17) is 19.7 Å². The highest BCUT2D eigenvalue weighted by Crippen LogP contribution is 2.21. The number of aromatic nitrogens is 5. The van der Waals surface area contributed by atoms with E-state index in [1.165, 1.54) is 18.4 Å². The second-order valence-electron chi connectivity index (χ2n) is 8.48. The van der Waals surface area contributed by atoms with Crippen LogP contribution in [0.3, 0.4) is 0 Å². The van der Waals surface area contributed by atoms with Crippen LogP contribution in [0.25, 0.3) is 5.65 Å². The topological polar surface area (TPSA) is 68.4 Å². The first-order valence-electron chi connectivity index (χ1n) is 11.8. The van der Waals surface area contributed by atoms with E-state index in [0.29, 0.717) is 13.0 Å². The molecule has 5 rings (SSSR count). The summed E-state index contributed by atoms with van der Waals surface area (Å²) in [5, 5.41) is 0. The van der Waals surface area contributed by atoms with Crippen LogP contribution in [0.4, 0.5) is 5.82 Å². The summed E-state index contributed by atoms with van der Waals surface area (Å²) in [5.41, 5.74) is 5.22. The van der Waals surface area contributed by atoms with Crippen LogP contribution in [-0.2, 0) is 24.0 Å². The van der Waals surface area contributed by atoms with E-state index in [1.807, 2.05) is 23.7 Å². The Hall–Kier alpha value is -3.32. The van der Waals surface area contributed by atoms with Gasteiger partial charge in [0.25, 0.3) is 0 Å². The number of anilines is 1. The SMILES string of the molecule is CCOCCc1cccc(Cc2nc(Cc3ccn4ccnc4c3)cc(N3CCCC3)n2)n1. The molecule has 0 atom stereocenters. The van der Waals surface area contributed by atoms with E-state index in [0.717, 1.165) is 66.9 Å². The molecular formula is C26H30N6O. The van der Waals surface area contributed by atoms with Crippen molar-refractivity contribution in [3.8, 4) is 0 Å². The number of rotatable bonds is 9. The van der Waals surface area contributed by atoms with E-state index in [2.05, 4.69) is 52.5 Å². The Kier molecular flexibility index (Phi) is 6.58. The molecule has 1 saturated heterocycles. The molecule has 0 radical (unpaired) electrons. The van der Waals surface area contributed by atoms with E-state index in [-0.39, 0.29) is 0 Å². The molecule has 0 aromatic carbocycles. The Bertz CT molecular complexity index is 1210. The second-order valence-corrected chi connectivity index (χ2v) is 8.48. The number of imidazole rings is 1. The number of ether oxygens (including phenoxy) is 1. The maximum atomic E-state index is 5.49. The maximum Gasteiger partial charge on any atom is 0.136 e. The fraction of sp³-hybridized carbons (Fsp3) is 0.385. The van der Waals surface area contributed by atoms with Crippen LogP contribution in [0.1, 0.15) is 48.2 Å². The standard InChI is InChI=1S/C26H30N6O/c1-2-33-15-9-21-6-5-7-22(28-21)18-24-29-23(19-26(30-24)31-11-3-4-12-31)16-20-8-13-32-14-10-27-25(32)17-20/h5-8,10,13-14,17,19H,2-4,9,11-12,15-16,18H2,1H3. The molecule has 1 fully saturated rings. The van der Waals surface area contributed by atoms with Crippen LogP contribution in [0.2, 0.25) is 0 Å². The first-order valence-corrected chi connectivity index (χ1v) is 11.8. The molecule has 170 valence electrons. The van der Waals surface area contributed by atoms with Gasteiger partial charge in [-0.05, 0) is 49.6 Å². The van der Waals surface area contributed by atoms with Crippen molar-refractivity contribution in [3.05, 3.63) is 83.5 Å². The van der Waals surface area contributed by atoms with Crippen molar-refractivity contribution in [1.29, 1.82) is 0 Å². The van der Waals surface area contributed by atoms with Crippen LogP contribution in [0.15, 0.2) is 55.0 Å². The Morgan fingerprint density at radius 3 is 2.67 bits per heavy atom. The lowest BCUT2D eigenvalue weighted by Gasteiger charge is -2.18. The summed E-state index contributed by atoms with van der Waals surface area (Å²) >= 11 is 0. The zero-order valence-electron chi connectivity index (χ0n) is 19.2. The third-order valence-corrected chi connectivity index (χ3v) is 6.00. The Morgan fingerprint density at radius 1 is 0.909 bits per heavy atom. The Labute approximate surface area is 194 Å². The van der Waals surface area contributed by atoms with Gasteiger partial charge in [-0.15, -0.1) is 0 Å². The van der Waals surface area contributed by atoms with Crippen molar-refractivity contribution in [1.82, 2.24) is 24.3 Å². The van der Waals surface area contributed by atoms with Gasteiger partial charge in [-0.2, -0.15) is 0 Å². The molecule has 7 nitrogen and oxygen atoms in total. The summed E-state index contributed by atoms with van der Waals surface area (Å²) in [6, 6.07) is 12.6. The maximum absolute atomic E-state index is 5.49. The molecule has 0 unspecified atom stereocenters. The molecular weight excluding hydrogens is 412 g/mol. The normalized spacial score (nSPS) is 13.8. The van der Waals surface area contributed by atoms with Gasteiger partial charge in [0.2, 0.25) is 0 Å². The summed E-state index contributed by atoms with van der Waals surface area (Å²) in [6.45, 7) is 5.55.